The van der Waals surface area contributed by atoms with Crippen molar-refractivity contribution in [3.05, 3.63) is 56.7 Å². The molecule has 2 heterocycles. The molecule has 0 aliphatic carbocycles. The van der Waals surface area contributed by atoms with Crippen LogP contribution < -0.4 is 4.74 Å². The Morgan fingerprint density at radius 1 is 0.903 bits per heavy atom. The van der Waals surface area contributed by atoms with Crippen molar-refractivity contribution in [2.24, 2.45) is 0 Å². The second kappa shape index (κ2) is 9.50. The summed E-state index contributed by atoms with van der Waals surface area (Å²) in [6, 6.07) is 5.76. The van der Waals surface area contributed by atoms with Gasteiger partial charge in [-0.05, 0) is 24.3 Å². The zero-order valence-electron chi connectivity index (χ0n) is 15.8. The largest absolute Gasteiger partial charge is 0.467 e. The standard InChI is InChI=1S/C19H15Cl3F3N3O3/c20-13-5-11(6-14(21)8-13)17(29)27-1-3-28(4-2-27)18(30)12-7-15(22)16(26-9-12)31-10-19(23,24)25/h5-9H,1-4,10H2. The fourth-order valence-corrected chi connectivity index (χ4v) is 3.70. The summed E-state index contributed by atoms with van der Waals surface area (Å²) in [5.41, 5.74) is 0.452. The number of amides is 2. The van der Waals surface area contributed by atoms with E-state index >= 15 is 0 Å². The third kappa shape index (κ3) is 6.15. The molecule has 0 atom stereocenters. The predicted octanol–water partition coefficient (Wildman–Crippen LogP) is 4.58. The molecule has 2 aromatic rings. The van der Waals surface area contributed by atoms with Crippen LogP contribution in [-0.2, 0) is 0 Å². The second-order valence-electron chi connectivity index (χ2n) is 6.66. The number of hydrogen-bond donors (Lipinski definition) is 0. The molecule has 1 aliphatic rings. The summed E-state index contributed by atoms with van der Waals surface area (Å²) in [6.07, 6.45) is -3.43. The zero-order valence-corrected chi connectivity index (χ0v) is 18.0. The van der Waals surface area contributed by atoms with E-state index in [0.717, 1.165) is 6.20 Å². The minimum Gasteiger partial charge on any atom is -0.467 e. The van der Waals surface area contributed by atoms with Gasteiger partial charge in [-0.1, -0.05) is 34.8 Å². The SMILES string of the molecule is O=C(c1cc(Cl)cc(Cl)c1)N1CCN(C(=O)c2cnc(OCC(F)(F)F)c(Cl)c2)CC1. The van der Waals surface area contributed by atoms with E-state index in [0.29, 0.717) is 15.6 Å². The van der Waals surface area contributed by atoms with Crippen molar-refractivity contribution in [3.63, 3.8) is 0 Å². The van der Waals surface area contributed by atoms with Crippen LogP contribution in [0.1, 0.15) is 20.7 Å². The molecule has 0 unspecified atom stereocenters. The third-order valence-electron chi connectivity index (χ3n) is 4.39. The first-order valence-corrected chi connectivity index (χ1v) is 10.1. The smallest absolute Gasteiger partial charge is 0.422 e. The number of alkyl halides is 3. The molecular weight excluding hydrogens is 482 g/mol. The lowest BCUT2D eigenvalue weighted by Gasteiger charge is -2.35. The predicted molar refractivity (Wildman–Crippen MR) is 109 cm³/mol. The molecule has 0 radical (unpaired) electrons. The third-order valence-corrected chi connectivity index (χ3v) is 5.10. The molecule has 12 heteroatoms. The lowest BCUT2D eigenvalue weighted by molar-refractivity contribution is -0.154. The van der Waals surface area contributed by atoms with E-state index in [9.17, 15) is 22.8 Å². The van der Waals surface area contributed by atoms with Crippen LogP contribution in [0, 0.1) is 0 Å². The summed E-state index contributed by atoms with van der Waals surface area (Å²) in [5, 5.41) is 0.482. The van der Waals surface area contributed by atoms with Crippen molar-refractivity contribution in [2.75, 3.05) is 32.8 Å². The Morgan fingerprint density at radius 2 is 1.42 bits per heavy atom. The first kappa shape index (κ1) is 23.4. The highest BCUT2D eigenvalue weighted by atomic mass is 35.5. The highest BCUT2D eigenvalue weighted by Gasteiger charge is 2.30. The Bertz CT molecular complexity index is 976. The van der Waals surface area contributed by atoms with Gasteiger partial charge in [-0.3, -0.25) is 9.59 Å². The molecule has 0 spiro atoms. The number of rotatable bonds is 4. The summed E-state index contributed by atoms with van der Waals surface area (Å²) in [7, 11) is 0. The van der Waals surface area contributed by atoms with Crippen molar-refractivity contribution in [1.82, 2.24) is 14.8 Å². The quantitative estimate of drug-likeness (QED) is 0.622. The number of halogens is 6. The summed E-state index contributed by atoms with van der Waals surface area (Å²) in [6.45, 7) is -0.474. The van der Waals surface area contributed by atoms with Crippen LogP contribution in [0.5, 0.6) is 5.88 Å². The lowest BCUT2D eigenvalue weighted by atomic mass is 10.1. The molecule has 0 N–H and O–H groups in total. The number of pyridine rings is 1. The van der Waals surface area contributed by atoms with Crippen LogP contribution in [-0.4, -0.2) is 65.6 Å². The van der Waals surface area contributed by atoms with Gasteiger partial charge >= 0.3 is 6.18 Å². The molecule has 6 nitrogen and oxygen atoms in total. The van der Waals surface area contributed by atoms with Crippen LogP contribution >= 0.6 is 34.8 Å². The first-order valence-electron chi connectivity index (χ1n) is 8.93. The van der Waals surface area contributed by atoms with E-state index in [4.69, 9.17) is 34.8 Å². The van der Waals surface area contributed by atoms with Crippen molar-refractivity contribution < 1.29 is 27.5 Å². The van der Waals surface area contributed by atoms with Gasteiger partial charge in [-0.2, -0.15) is 13.2 Å². The molecule has 0 saturated carbocycles. The number of hydrogen-bond acceptors (Lipinski definition) is 4. The Hall–Kier alpha value is -2.23. The minimum absolute atomic E-state index is 0.103. The maximum atomic E-state index is 12.7. The van der Waals surface area contributed by atoms with Crippen molar-refractivity contribution in [3.8, 4) is 5.88 Å². The average Bonchev–Trinajstić information content (AvgIpc) is 2.70. The topological polar surface area (TPSA) is 62.7 Å². The van der Waals surface area contributed by atoms with E-state index in [2.05, 4.69) is 9.72 Å². The monoisotopic (exact) mass is 495 g/mol. The number of piperazine rings is 1. The van der Waals surface area contributed by atoms with Gasteiger partial charge in [-0.25, -0.2) is 4.98 Å². The van der Waals surface area contributed by atoms with Gasteiger partial charge in [0.05, 0.1) is 5.56 Å². The molecule has 1 aromatic carbocycles. The Labute approximate surface area is 190 Å². The lowest BCUT2D eigenvalue weighted by Crippen LogP contribution is -2.50. The van der Waals surface area contributed by atoms with Crippen molar-refractivity contribution >= 4 is 46.6 Å². The fourth-order valence-electron chi connectivity index (χ4n) is 2.95. The van der Waals surface area contributed by atoms with Crippen LogP contribution in [0.15, 0.2) is 30.5 Å². The Morgan fingerprint density at radius 3 is 1.90 bits per heavy atom. The summed E-state index contributed by atoms with van der Waals surface area (Å²) in [4.78, 5) is 32.1. The number of carbonyl (C=O) groups excluding carboxylic acids is 2. The van der Waals surface area contributed by atoms with Gasteiger partial charge < -0.3 is 14.5 Å². The zero-order chi connectivity index (χ0) is 22.8. The van der Waals surface area contributed by atoms with E-state index in [-0.39, 0.29) is 42.7 Å². The fraction of sp³-hybridized carbons (Fsp3) is 0.316. The Balaban J connectivity index is 1.61. The van der Waals surface area contributed by atoms with Crippen molar-refractivity contribution in [2.45, 2.75) is 6.18 Å². The van der Waals surface area contributed by atoms with Crippen molar-refractivity contribution in [1.29, 1.82) is 0 Å². The van der Waals surface area contributed by atoms with Gasteiger partial charge in [0.2, 0.25) is 5.88 Å². The number of ether oxygens (including phenoxy) is 1. The van der Waals surface area contributed by atoms with E-state index in [1.165, 1.54) is 29.2 Å². The molecule has 166 valence electrons. The van der Waals surface area contributed by atoms with Gasteiger partial charge in [-0.15, -0.1) is 0 Å². The van der Waals surface area contributed by atoms with Crippen LogP contribution in [0.25, 0.3) is 0 Å². The second-order valence-corrected chi connectivity index (χ2v) is 7.94. The maximum Gasteiger partial charge on any atom is 0.422 e. The molecule has 31 heavy (non-hydrogen) atoms. The molecule has 1 fully saturated rings. The van der Waals surface area contributed by atoms with E-state index in [1.807, 2.05) is 0 Å². The average molecular weight is 497 g/mol. The first-order chi connectivity index (χ1) is 14.5. The Kier molecular flexibility index (Phi) is 7.18. The number of carbonyl (C=O) groups is 2. The number of aromatic nitrogens is 1. The molecule has 0 bridgehead atoms. The highest BCUT2D eigenvalue weighted by Crippen LogP contribution is 2.26. The normalized spacial score (nSPS) is 14.5. The van der Waals surface area contributed by atoms with E-state index in [1.54, 1.807) is 4.90 Å². The van der Waals surface area contributed by atoms with Crippen LogP contribution in [0.4, 0.5) is 13.2 Å². The van der Waals surface area contributed by atoms with Gasteiger partial charge in [0.1, 0.15) is 5.02 Å². The molecule has 3 rings (SSSR count). The molecular formula is C19H15Cl3F3N3O3. The molecule has 1 aromatic heterocycles. The summed E-state index contributed by atoms with van der Waals surface area (Å²) in [5.74, 6) is -1.08. The maximum absolute atomic E-state index is 12.7. The van der Waals surface area contributed by atoms with Gasteiger partial charge in [0.25, 0.3) is 11.8 Å². The highest BCUT2D eigenvalue weighted by molar-refractivity contribution is 6.35. The summed E-state index contributed by atoms with van der Waals surface area (Å²) >= 11 is 17.8. The molecule has 1 aliphatic heterocycles. The van der Waals surface area contributed by atoms with Crippen LogP contribution in [0.3, 0.4) is 0 Å². The van der Waals surface area contributed by atoms with Gasteiger partial charge in [0.15, 0.2) is 6.61 Å². The van der Waals surface area contributed by atoms with E-state index < -0.39 is 24.6 Å². The summed E-state index contributed by atoms with van der Waals surface area (Å²) < 4.78 is 41.3. The van der Waals surface area contributed by atoms with Gasteiger partial charge in [0, 0.05) is 48.0 Å². The number of nitrogens with zero attached hydrogens (tertiary/aromatic N) is 3. The number of benzene rings is 1. The molecule has 2 amide bonds. The minimum atomic E-state index is -4.53. The molecule has 1 saturated heterocycles. The van der Waals surface area contributed by atoms with Crippen LogP contribution in [0.2, 0.25) is 15.1 Å².